The maximum atomic E-state index is 12.4. The Balaban J connectivity index is 1.67. The minimum Gasteiger partial charge on any atom is -0.393 e. The van der Waals surface area contributed by atoms with E-state index in [4.69, 9.17) is 0 Å². The van der Waals surface area contributed by atoms with Gasteiger partial charge in [0, 0.05) is 31.3 Å². The smallest absolute Gasteiger partial charge is 0.293 e. The summed E-state index contributed by atoms with van der Waals surface area (Å²) in [6.45, 7) is 2.13. The number of anilines is 1. The van der Waals surface area contributed by atoms with Crippen molar-refractivity contribution in [2.45, 2.75) is 44.6 Å². The summed E-state index contributed by atoms with van der Waals surface area (Å²) < 4.78 is 0. The van der Waals surface area contributed by atoms with Crippen LogP contribution in [0, 0.1) is 16.0 Å². The van der Waals surface area contributed by atoms with Crippen LogP contribution < -0.4 is 10.2 Å². The molecule has 1 aromatic carbocycles. The predicted molar refractivity (Wildman–Crippen MR) is 94.8 cm³/mol. The number of hydrogen-bond donors (Lipinski definition) is 2. The Kier molecular flexibility index (Phi) is 5.53. The molecular weight excluding hydrogens is 322 g/mol. The zero-order valence-electron chi connectivity index (χ0n) is 14.3. The lowest BCUT2D eigenvalue weighted by Gasteiger charge is -2.25. The Morgan fingerprint density at radius 3 is 2.72 bits per heavy atom. The molecule has 1 saturated heterocycles. The summed E-state index contributed by atoms with van der Waals surface area (Å²) in [6.07, 6.45) is 5.28. The van der Waals surface area contributed by atoms with Crippen LogP contribution in [0.3, 0.4) is 0 Å². The number of rotatable bonds is 5. The van der Waals surface area contributed by atoms with Gasteiger partial charge in [0.25, 0.3) is 11.6 Å². The Morgan fingerprint density at radius 1 is 1.28 bits per heavy atom. The molecule has 2 atom stereocenters. The van der Waals surface area contributed by atoms with Crippen LogP contribution in [-0.4, -0.2) is 41.7 Å². The van der Waals surface area contributed by atoms with Gasteiger partial charge >= 0.3 is 0 Å². The number of nitrogens with zero attached hydrogens (tertiary/aromatic N) is 2. The number of amides is 1. The van der Waals surface area contributed by atoms with Crippen molar-refractivity contribution in [3.8, 4) is 0 Å². The highest BCUT2D eigenvalue weighted by atomic mass is 16.6. The molecular formula is C18H25N3O4. The number of benzene rings is 1. The average Bonchev–Trinajstić information content (AvgIpc) is 3.13. The monoisotopic (exact) mass is 347 g/mol. The second kappa shape index (κ2) is 7.82. The first-order valence-corrected chi connectivity index (χ1v) is 9.04. The highest BCUT2D eigenvalue weighted by Gasteiger charge is 2.25. The van der Waals surface area contributed by atoms with Gasteiger partial charge in [0.1, 0.15) is 5.69 Å². The van der Waals surface area contributed by atoms with E-state index in [1.165, 1.54) is 6.07 Å². The standard InChI is InChI=1S/C18H25N3O4/c22-15-5-3-4-13(10-15)12-19-18(23)14-6-7-16(17(11-14)21(24)25)20-8-1-2-9-20/h6-7,11,13,15,22H,1-5,8-10,12H2,(H,19,23). The summed E-state index contributed by atoms with van der Waals surface area (Å²) in [7, 11) is 0. The van der Waals surface area contributed by atoms with E-state index < -0.39 is 4.92 Å². The van der Waals surface area contributed by atoms with Crippen LogP contribution in [0.5, 0.6) is 0 Å². The van der Waals surface area contributed by atoms with Crippen molar-refractivity contribution >= 4 is 17.3 Å². The van der Waals surface area contributed by atoms with Crippen LogP contribution in [-0.2, 0) is 0 Å². The van der Waals surface area contributed by atoms with Crippen LogP contribution in [0.1, 0.15) is 48.9 Å². The number of aliphatic hydroxyl groups is 1. The molecule has 136 valence electrons. The van der Waals surface area contributed by atoms with E-state index in [1.807, 2.05) is 4.90 Å². The maximum absolute atomic E-state index is 12.4. The average molecular weight is 347 g/mol. The summed E-state index contributed by atoms with van der Waals surface area (Å²) in [5, 5.41) is 24.0. The first-order chi connectivity index (χ1) is 12.0. The van der Waals surface area contributed by atoms with Crippen molar-refractivity contribution in [1.29, 1.82) is 0 Å². The van der Waals surface area contributed by atoms with Crippen molar-refractivity contribution in [2.24, 2.45) is 5.92 Å². The lowest BCUT2D eigenvalue weighted by molar-refractivity contribution is -0.384. The Bertz CT molecular complexity index is 643. The Morgan fingerprint density at radius 2 is 2.04 bits per heavy atom. The van der Waals surface area contributed by atoms with Gasteiger partial charge in [-0.25, -0.2) is 0 Å². The van der Waals surface area contributed by atoms with E-state index in [0.29, 0.717) is 24.2 Å². The summed E-state index contributed by atoms with van der Waals surface area (Å²) >= 11 is 0. The van der Waals surface area contributed by atoms with Crippen molar-refractivity contribution in [2.75, 3.05) is 24.5 Å². The molecule has 1 aliphatic heterocycles. The molecule has 1 aliphatic carbocycles. The lowest BCUT2D eigenvalue weighted by atomic mass is 9.87. The molecule has 1 heterocycles. The van der Waals surface area contributed by atoms with Crippen LogP contribution in [0.2, 0.25) is 0 Å². The van der Waals surface area contributed by atoms with Gasteiger partial charge in [0.2, 0.25) is 0 Å². The molecule has 2 aliphatic rings. The van der Waals surface area contributed by atoms with Crippen LogP contribution in [0.25, 0.3) is 0 Å². The molecule has 3 rings (SSSR count). The largest absolute Gasteiger partial charge is 0.393 e. The fourth-order valence-corrected chi connectivity index (χ4v) is 3.82. The third-order valence-electron chi connectivity index (χ3n) is 5.19. The number of hydrogen-bond acceptors (Lipinski definition) is 5. The van der Waals surface area contributed by atoms with E-state index in [1.54, 1.807) is 12.1 Å². The van der Waals surface area contributed by atoms with Crippen LogP contribution in [0.4, 0.5) is 11.4 Å². The van der Waals surface area contributed by atoms with Gasteiger partial charge in [-0.05, 0) is 50.2 Å². The van der Waals surface area contributed by atoms with Gasteiger partial charge < -0.3 is 15.3 Å². The quantitative estimate of drug-likeness (QED) is 0.630. The number of carbonyl (C=O) groups excluding carboxylic acids is 1. The zero-order chi connectivity index (χ0) is 17.8. The molecule has 2 N–H and O–H groups in total. The fourth-order valence-electron chi connectivity index (χ4n) is 3.82. The van der Waals surface area contributed by atoms with Gasteiger partial charge in [0.05, 0.1) is 11.0 Å². The lowest BCUT2D eigenvalue weighted by Crippen LogP contribution is -2.33. The summed E-state index contributed by atoms with van der Waals surface area (Å²) in [5.74, 6) is -0.0253. The van der Waals surface area contributed by atoms with Gasteiger partial charge in [-0.3, -0.25) is 14.9 Å². The van der Waals surface area contributed by atoms with Crippen molar-refractivity contribution < 1.29 is 14.8 Å². The van der Waals surface area contributed by atoms with Gasteiger partial charge in [-0.15, -0.1) is 0 Å². The second-order valence-electron chi connectivity index (χ2n) is 7.05. The molecule has 2 unspecified atom stereocenters. The first-order valence-electron chi connectivity index (χ1n) is 9.04. The van der Waals surface area contributed by atoms with Crippen LogP contribution in [0.15, 0.2) is 18.2 Å². The normalized spacial score (nSPS) is 23.5. The van der Waals surface area contributed by atoms with E-state index in [0.717, 1.165) is 45.2 Å². The SMILES string of the molecule is O=C(NCC1CCCC(O)C1)c1ccc(N2CCCC2)c([N+](=O)[O-])c1. The Labute approximate surface area is 147 Å². The number of aliphatic hydroxyl groups excluding tert-OH is 1. The van der Waals surface area contributed by atoms with Crippen molar-refractivity contribution in [3.63, 3.8) is 0 Å². The van der Waals surface area contributed by atoms with Crippen molar-refractivity contribution in [1.82, 2.24) is 5.32 Å². The van der Waals surface area contributed by atoms with Crippen molar-refractivity contribution in [3.05, 3.63) is 33.9 Å². The maximum Gasteiger partial charge on any atom is 0.293 e. The fraction of sp³-hybridized carbons (Fsp3) is 0.611. The van der Waals surface area contributed by atoms with Gasteiger partial charge in [0.15, 0.2) is 0 Å². The highest BCUT2D eigenvalue weighted by molar-refractivity contribution is 5.95. The summed E-state index contributed by atoms with van der Waals surface area (Å²) in [5.41, 5.74) is 0.892. The molecule has 7 heteroatoms. The molecule has 1 saturated carbocycles. The molecule has 7 nitrogen and oxygen atoms in total. The first kappa shape index (κ1) is 17.7. The number of nitro benzene ring substituents is 1. The number of nitrogens with one attached hydrogen (secondary N) is 1. The van der Waals surface area contributed by atoms with Crippen LogP contribution >= 0.6 is 0 Å². The molecule has 0 bridgehead atoms. The highest BCUT2D eigenvalue weighted by Crippen LogP contribution is 2.31. The minimum atomic E-state index is -0.415. The zero-order valence-corrected chi connectivity index (χ0v) is 14.3. The molecule has 1 aromatic rings. The molecule has 0 aromatic heterocycles. The molecule has 2 fully saturated rings. The number of carbonyl (C=O) groups is 1. The second-order valence-corrected chi connectivity index (χ2v) is 7.05. The summed E-state index contributed by atoms with van der Waals surface area (Å²) in [4.78, 5) is 25.4. The molecule has 0 spiro atoms. The van der Waals surface area contributed by atoms with E-state index in [2.05, 4.69) is 5.32 Å². The predicted octanol–water partition coefficient (Wildman–Crippen LogP) is 2.48. The minimum absolute atomic E-state index is 0.0114. The topological polar surface area (TPSA) is 95.7 Å². The van der Waals surface area contributed by atoms with Gasteiger partial charge in [-0.2, -0.15) is 0 Å². The van der Waals surface area contributed by atoms with Gasteiger partial charge in [-0.1, -0.05) is 6.42 Å². The molecule has 0 radical (unpaired) electrons. The third kappa shape index (κ3) is 4.28. The van der Waals surface area contributed by atoms with E-state index in [-0.39, 0.29) is 23.6 Å². The molecule has 1 amide bonds. The third-order valence-corrected chi connectivity index (χ3v) is 5.19. The Hall–Kier alpha value is -2.15. The van der Waals surface area contributed by atoms with E-state index >= 15 is 0 Å². The van der Waals surface area contributed by atoms with E-state index in [9.17, 15) is 20.0 Å². The number of nitro groups is 1. The summed E-state index contributed by atoms with van der Waals surface area (Å²) in [6, 6.07) is 4.72. The molecule has 25 heavy (non-hydrogen) atoms.